The van der Waals surface area contributed by atoms with Gasteiger partial charge in [0, 0.05) is 29.9 Å². The summed E-state index contributed by atoms with van der Waals surface area (Å²) in [4.78, 5) is 30.2. The van der Waals surface area contributed by atoms with Crippen LogP contribution in [-0.4, -0.2) is 46.1 Å². The number of nitrogens with zero attached hydrogens (tertiary/aromatic N) is 3. The molecule has 2 N–H and O–H groups in total. The molecule has 8 nitrogen and oxygen atoms in total. The molecule has 1 aliphatic heterocycles. The summed E-state index contributed by atoms with van der Waals surface area (Å²) in [5.74, 6) is -2.45. The van der Waals surface area contributed by atoms with Crippen molar-refractivity contribution in [2.45, 2.75) is 31.5 Å². The van der Waals surface area contributed by atoms with Crippen molar-refractivity contribution in [2.24, 2.45) is 0 Å². The third-order valence-electron chi connectivity index (χ3n) is 5.56. The van der Waals surface area contributed by atoms with Crippen molar-refractivity contribution in [2.75, 3.05) is 18.4 Å². The molecule has 12 heteroatoms. The van der Waals surface area contributed by atoms with Gasteiger partial charge in [0.1, 0.15) is 5.82 Å². The highest BCUT2D eigenvalue weighted by molar-refractivity contribution is 5.94. The molecule has 0 bridgehead atoms. The summed E-state index contributed by atoms with van der Waals surface area (Å²) in [5.41, 5.74) is 1.04. The lowest BCUT2D eigenvalue weighted by molar-refractivity contribution is -0.159. The molecule has 3 amide bonds. The molecular weight excluding hydrogens is 470 g/mol. The van der Waals surface area contributed by atoms with Crippen molar-refractivity contribution in [1.82, 2.24) is 20.4 Å². The molecule has 0 saturated carbocycles. The first-order valence-electron chi connectivity index (χ1n) is 10.8. The molecule has 0 radical (unpaired) electrons. The molecule has 184 valence electrons. The number of urea groups is 1. The largest absolute Gasteiger partial charge is 0.471 e. The first-order valence-corrected chi connectivity index (χ1v) is 10.8. The number of benzene rings is 2. The third-order valence-corrected chi connectivity index (χ3v) is 5.56. The van der Waals surface area contributed by atoms with Gasteiger partial charge >= 0.3 is 18.1 Å². The van der Waals surface area contributed by atoms with E-state index in [1.54, 1.807) is 4.90 Å². The summed E-state index contributed by atoms with van der Waals surface area (Å²) < 4.78 is 55.2. The number of aromatic nitrogens is 2. The van der Waals surface area contributed by atoms with E-state index in [1.807, 2.05) is 0 Å². The number of halogens is 4. The third kappa shape index (κ3) is 5.94. The Bertz CT molecular complexity index is 1180. The summed E-state index contributed by atoms with van der Waals surface area (Å²) in [6, 6.07) is 10.6. The van der Waals surface area contributed by atoms with E-state index in [2.05, 4.69) is 25.3 Å². The van der Waals surface area contributed by atoms with E-state index in [9.17, 15) is 27.2 Å². The fourth-order valence-electron chi connectivity index (χ4n) is 3.75. The topological polar surface area (TPSA) is 100 Å². The summed E-state index contributed by atoms with van der Waals surface area (Å²) in [6.45, 7) is 0.742. The van der Waals surface area contributed by atoms with E-state index in [-0.39, 0.29) is 30.3 Å². The number of carbonyl (C=O) groups excluding carboxylic acids is 2. The summed E-state index contributed by atoms with van der Waals surface area (Å²) >= 11 is 0. The van der Waals surface area contributed by atoms with Crippen molar-refractivity contribution >= 4 is 17.6 Å². The maximum absolute atomic E-state index is 13.1. The van der Waals surface area contributed by atoms with Gasteiger partial charge in [0.2, 0.25) is 5.82 Å². The van der Waals surface area contributed by atoms with E-state index in [4.69, 9.17) is 0 Å². The van der Waals surface area contributed by atoms with Gasteiger partial charge < -0.3 is 20.1 Å². The van der Waals surface area contributed by atoms with Gasteiger partial charge in [0.15, 0.2) is 0 Å². The smallest absolute Gasteiger partial charge is 0.350 e. The molecule has 0 aliphatic carbocycles. The SMILES string of the molecule is O=C(NCC1CCCCN1C(=O)Nc1ccc(-c2noc(C(F)(F)F)n2)cc1)c1ccc(F)cc1. The van der Waals surface area contributed by atoms with E-state index in [1.165, 1.54) is 48.5 Å². The quantitative estimate of drug-likeness (QED) is 0.504. The molecule has 1 saturated heterocycles. The van der Waals surface area contributed by atoms with Crippen LogP contribution in [0.4, 0.5) is 28.0 Å². The van der Waals surface area contributed by atoms with Gasteiger partial charge in [-0.3, -0.25) is 4.79 Å². The number of alkyl halides is 3. The zero-order chi connectivity index (χ0) is 25.0. The number of amides is 3. The van der Waals surface area contributed by atoms with Crippen molar-refractivity contribution < 1.29 is 31.7 Å². The second-order valence-electron chi connectivity index (χ2n) is 7.99. The number of carbonyl (C=O) groups is 2. The molecule has 1 atom stereocenters. The Morgan fingerprint density at radius 1 is 1.06 bits per heavy atom. The molecule has 1 fully saturated rings. The summed E-state index contributed by atoms with van der Waals surface area (Å²) in [7, 11) is 0. The van der Waals surface area contributed by atoms with Crippen LogP contribution in [0.25, 0.3) is 11.4 Å². The monoisotopic (exact) mass is 491 g/mol. The minimum atomic E-state index is -4.73. The van der Waals surface area contributed by atoms with Crippen molar-refractivity contribution in [3.63, 3.8) is 0 Å². The number of hydrogen-bond acceptors (Lipinski definition) is 5. The van der Waals surface area contributed by atoms with Crippen molar-refractivity contribution in [1.29, 1.82) is 0 Å². The molecule has 1 aromatic heterocycles. The van der Waals surface area contributed by atoms with Crippen molar-refractivity contribution in [3.05, 3.63) is 65.8 Å². The van der Waals surface area contributed by atoms with E-state index < -0.39 is 17.9 Å². The lowest BCUT2D eigenvalue weighted by atomic mass is 10.0. The zero-order valence-corrected chi connectivity index (χ0v) is 18.3. The Morgan fingerprint density at radius 3 is 2.43 bits per heavy atom. The van der Waals surface area contributed by atoms with Crippen LogP contribution in [0.15, 0.2) is 53.1 Å². The maximum Gasteiger partial charge on any atom is 0.471 e. The molecule has 2 aromatic carbocycles. The second kappa shape index (κ2) is 10.1. The Kier molecular flexibility index (Phi) is 6.99. The first kappa shape index (κ1) is 24.2. The van der Waals surface area contributed by atoms with Gasteiger partial charge in [-0.15, -0.1) is 0 Å². The number of likely N-dealkylation sites (tertiary alicyclic amines) is 1. The van der Waals surface area contributed by atoms with Crippen LogP contribution in [0.3, 0.4) is 0 Å². The second-order valence-corrected chi connectivity index (χ2v) is 7.99. The first-order chi connectivity index (χ1) is 16.7. The average molecular weight is 491 g/mol. The van der Waals surface area contributed by atoms with Crippen LogP contribution in [0.5, 0.6) is 0 Å². The van der Waals surface area contributed by atoms with Gasteiger partial charge in [-0.05, 0) is 67.8 Å². The average Bonchev–Trinajstić information content (AvgIpc) is 3.35. The number of anilines is 1. The molecular formula is C23H21F4N5O3. The Morgan fingerprint density at radius 2 is 1.77 bits per heavy atom. The lowest BCUT2D eigenvalue weighted by Gasteiger charge is -2.35. The fourth-order valence-corrected chi connectivity index (χ4v) is 3.75. The minimum Gasteiger partial charge on any atom is -0.350 e. The van der Waals surface area contributed by atoms with Gasteiger partial charge in [-0.25, -0.2) is 9.18 Å². The number of nitrogens with one attached hydrogen (secondary N) is 2. The van der Waals surface area contributed by atoms with Crippen LogP contribution < -0.4 is 10.6 Å². The Labute approximate surface area is 197 Å². The standard InChI is InChI=1S/C23H21F4N5O3/c24-16-8-4-15(5-9-16)20(33)28-13-18-3-1-2-12-32(18)22(34)29-17-10-6-14(7-11-17)19-30-21(35-31-19)23(25,26)27/h4-11,18H,1-3,12-13H2,(H,28,33)(H,29,34). The van der Waals surface area contributed by atoms with Crippen LogP contribution >= 0.6 is 0 Å². The van der Waals surface area contributed by atoms with Crippen LogP contribution in [0.1, 0.15) is 35.5 Å². The number of rotatable bonds is 5. The Hall–Kier alpha value is -3.96. The molecule has 3 aromatic rings. The van der Waals surface area contributed by atoms with Crippen LogP contribution in [-0.2, 0) is 6.18 Å². The van der Waals surface area contributed by atoms with Crippen LogP contribution in [0, 0.1) is 5.82 Å². The van der Waals surface area contributed by atoms with E-state index >= 15 is 0 Å². The highest BCUT2D eigenvalue weighted by Gasteiger charge is 2.38. The fraction of sp³-hybridized carbons (Fsp3) is 0.304. The molecule has 35 heavy (non-hydrogen) atoms. The lowest BCUT2D eigenvalue weighted by Crippen LogP contribution is -2.50. The predicted molar refractivity (Wildman–Crippen MR) is 117 cm³/mol. The number of piperidine rings is 1. The van der Waals surface area contributed by atoms with E-state index in [0.29, 0.717) is 29.8 Å². The van der Waals surface area contributed by atoms with Gasteiger partial charge in [-0.2, -0.15) is 18.2 Å². The van der Waals surface area contributed by atoms with Crippen molar-refractivity contribution in [3.8, 4) is 11.4 Å². The highest BCUT2D eigenvalue weighted by atomic mass is 19.4. The molecule has 1 unspecified atom stereocenters. The highest BCUT2D eigenvalue weighted by Crippen LogP contribution is 2.29. The Balaban J connectivity index is 1.36. The summed E-state index contributed by atoms with van der Waals surface area (Å²) in [6.07, 6.45) is -2.31. The van der Waals surface area contributed by atoms with Crippen LogP contribution in [0.2, 0.25) is 0 Å². The van der Waals surface area contributed by atoms with Gasteiger partial charge in [-0.1, -0.05) is 5.16 Å². The minimum absolute atomic E-state index is 0.219. The zero-order valence-electron chi connectivity index (χ0n) is 18.3. The predicted octanol–water partition coefficient (Wildman–Crippen LogP) is 4.71. The molecule has 1 aliphatic rings. The van der Waals surface area contributed by atoms with E-state index in [0.717, 1.165) is 12.8 Å². The normalized spacial score (nSPS) is 16.1. The number of hydrogen-bond donors (Lipinski definition) is 2. The maximum atomic E-state index is 13.1. The van der Waals surface area contributed by atoms with Gasteiger partial charge in [0.05, 0.1) is 6.04 Å². The molecule has 2 heterocycles. The molecule has 0 spiro atoms. The van der Waals surface area contributed by atoms with Gasteiger partial charge in [0.25, 0.3) is 5.91 Å². The molecule has 4 rings (SSSR count). The summed E-state index contributed by atoms with van der Waals surface area (Å²) in [5, 5.41) is 8.89.